The molecule has 1 fully saturated rings. The average Bonchev–Trinajstić information content (AvgIpc) is 2.68. The largest absolute Gasteiger partial charge is 0.314 e. The van der Waals surface area contributed by atoms with Crippen molar-refractivity contribution in [3.63, 3.8) is 0 Å². The van der Waals surface area contributed by atoms with E-state index in [0.29, 0.717) is 6.04 Å². The highest BCUT2D eigenvalue weighted by atomic mass is 15.1. The molecule has 0 radical (unpaired) electrons. The van der Waals surface area contributed by atoms with Gasteiger partial charge in [0.2, 0.25) is 0 Å². The Balaban J connectivity index is 1.84. The minimum Gasteiger partial charge on any atom is -0.314 e. The summed E-state index contributed by atoms with van der Waals surface area (Å²) < 4.78 is 0. The lowest BCUT2D eigenvalue weighted by molar-refractivity contribution is 0.259. The van der Waals surface area contributed by atoms with E-state index in [2.05, 4.69) is 55.4 Å². The van der Waals surface area contributed by atoms with Crippen molar-refractivity contribution in [2.75, 3.05) is 20.1 Å². The van der Waals surface area contributed by atoms with Crippen LogP contribution in [0.15, 0.2) is 24.3 Å². The van der Waals surface area contributed by atoms with Gasteiger partial charge >= 0.3 is 0 Å². The summed E-state index contributed by atoms with van der Waals surface area (Å²) in [4.78, 5) is 2.44. The molecule has 2 nitrogen and oxygen atoms in total. The lowest BCUT2D eigenvalue weighted by Crippen LogP contribution is -2.32. The summed E-state index contributed by atoms with van der Waals surface area (Å²) in [5, 5.41) is 3.52. The Bertz CT molecular complexity index is 344. The van der Waals surface area contributed by atoms with Gasteiger partial charge in [-0.25, -0.2) is 0 Å². The normalized spacial score (nSPS) is 24.5. The average molecular weight is 232 g/mol. The molecule has 1 aliphatic heterocycles. The molecule has 2 heteroatoms. The van der Waals surface area contributed by atoms with Crippen LogP contribution in [0.1, 0.15) is 24.5 Å². The number of hydrogen-bond donors (Lipinski definition) is 1. The fraction of sp³-hybridized carbons (Fsp3) is 0.600. The van der Waals surface area contributed by atoms with Crippen LogP contribution in [-0.2, 0) is 6.54 Å². The summed E-state index contributed by atoms with van der Waals surface area (Å²) in [7, 11) is 2.23. The van der Waals surface area contributed by atoms with Gasteiger partial charge in [0.15, 0.2) is 0 Å². The summed E-state index contributed by atoms with van der Waals surface area (Å²) in [6, 6.07) is 9.55. The van der Waals surface area contributed by atoms with Crippen LogP contribution in [-0.4, -0.2) is 31.1 Å². The molecule has 1 saturated heterocycles. The quantitative estimate of drug-likeness (QED) is 0.857. The molecule has 0 spiro atoms. The third-order valence-electron chi connectivity index (χ3n) is 3.81. The van der Waals surface area contributed by atoms with Gasteiger partial charge in [-0.2, -0.15) is 0 Å². The summed E-state index contributed by atoms with van der Waals surface area (Å²) in [6.07, 6.45) is 1.32. The molecule has 0 bridgehead atoms. The predicted octanol–water partition coefficient (Wildman–Crippen LogP) is 2.42. The van der Waals surface area contributed by atoms with Crippen molar-refractivity contribution in [3.8, 4) is 0 Å². The fourth-order valence-electron chi connectivity index (χ4n) is 2.63. The number of nitrogens with zero attached hydrogens (tertiary/aromatic N) is 1. The SMILES string of the molecule is Cc1ccc(CN(C)CC2CCNC2C)cc1. The van der Waals surface area contributed by atoms with Crippen LogP contribution in [0.25, 0.3) is 0 Å². The molecule has 0 aromatic heterocycles. The second-order valence-electron chi connectivity index (χ2n) is 5.47. The Kier molecular flexibility index (Phi) is 4.19. The van der Waals surface area contributed by atoms with Gasteiger partial charge in [-0.15, -0.1) is 0 Å². The topological polar surface area (TPSA) is 15.3 Å². The van der Waals surface area contributed by atoms with E-state index in [0.717, 1.165) is 12.5 Å². The molecule has 1 aromatic carbocycles. The number of rotatable bonds is 4. The van der Waals surface area contributed by atoms with Crippen molar-refractivity contribution < 1.29 is 0 Å². The Morgan fingerprint density at radius 3 is 2.59 bits per heavy atom. The molecule has 94 valence electrons. The van der Waals surface area contributed by atoms with E-state index in [9.17, 15) is 0 Å². The molecule has 2 atom stereocenters. The fourth-order valence-corrected chi connectivity index (χ4v) is 2.63. The van der Waals surface area contributed by atoms with Crippen LogP contribution in [0.2, 0.25) is 0 Å². The number of benzene rings is 1. The molecule has 1 N–H and O–H groups in total. The third-order valence-corrected chi connectivity index (χ3v) is 3.81. The standard InChI is InChI=1S/C15H24N2/c1-12-4-6-14(7-5-12)10-17(3)11-15-8-9-16-13(15)2/h4-7,13,15-16H,8-11H2,1-3H3. The van der Waals surface area contributed by atoms with E-state index >= 15 is 0 Å². The minimum atomic E-state index is 0.676. The van der Waals surface area contributed by atoms with Crippen molar-refractivity contribution in [1.29, 1.82) is 0 Å². The molecule has 0 saturated carbocycles. The maximum atomic E-state index is 3.52. The van der Waals surface area contributed by atoms with Crippen LogP contribution in [0.3, 0.4) is 0 Å². The van der Waals surface area contributed by atoms with Crippen molar-refractivity contribution in [1.82, 2.24) is 10.2 Å². The van der Waals surface area contributed by atoms with Gasteiger partial charge in [-0.3, -0.25) is 0 Å². The van der Waals surface area contributed by atoms with E-state index in [1.807, 2.05) is 0 Å². The van der Waals surface area contributed by atoms with E-state index in [1.165, 1.54) is 30.6 Å². The van der Waals surface area contributed by atoms with Crippen LogP contribution in [0, 0.1) is 12.8 Å². The summed E-state index contributed by atoms with van der Waals surface area (Å²) in [5.74, 6) is 0.811. The van der Waals surface area contributed by atoms with Crippen molar-refractivity contribution >= 4 is 0 Å². The summed E-state index contributed by atoms with van der Waals surface area (Å²) >= 11 is 0. The molecule has 1 heterocycles. The molecule has 1 aliphatic rings. The van der Waals surface area contributed by atoms with Crippen LogP contribution in [0.5, 0.6) is 0 Å². The molecule has 2 rings (SSSR count). The molecular weight excluding hydrogens is 208 g/mol. The summed E-state index contributed by atoms with van der Waals surface area (Å²) in [5.41, 5.74) is 2.75. The van der Waals surface area contributed by atoms with Crippen LogP contribution in [0.4, 0.5) is 0 Å². The second kappa shape index (κ2) is 5.65. The first-order valence-corrected chi connectivity index (χ1v) is 6.62. The molecule has 1 aromatic rings. The lowest BCUT2D eigenvalue weighted by atomic mass is 10.0. The zero-order chi connectivity index (χ0) is 12.3. The van der Waals surface area contributed by atoms with Gasteiger partial charge in [0, 0.05) is 19.1 Å². The van der Waals surface area contributed by atoms with Gasteiger partial charge < -0.3 is 10.2 Å². The zero-order valence-electron chi connectivity index (χ0n) is 11.2. The Hall–Kier alpha value is -0.860. The van der Waals surface area contributed by atoms with Gasteiger partial charge in [0.25, 0.3) is 0 Å². The van der Waals surface area contributed by atoms with Crippen molar-refractivity contribution in [2.45, 2.75) is 32.9 Å². The molecular formula is C15H24N2. The highest BCUT2D eigenvalue weighted by Gasteiger charge is 2.23. The van der Waals surface area contributed by atoms with Crippen molar-refractivity contribution in [3.05, 3.63) is 35.4 Å². The Labute approximate surface area is 105 Å². The maximum Gasteiger partial charge on any atom is 0.0230 e. The van der Waals surface area contributed by atoms with Gasteiger partial charge in [0.1, 0.15) is 0 Å². The number of hydrogen-bond acceptors (Lipinski definition) is 2. The summed E-state index contributed by atoms with van der Waals surface area (Å²) in [6.45, 7) is 7.88. The van der Waals surface area contributed by atoms with Gasteiger partial charge in [0.05, 0.1) is 0 Å². The molecule has 0 amide bonds. The first-order valence-electron chi connectivity index (χ1n) is 6.62. The van der Waals surface area contributed by atoms with Crippen molar-refractivity contribution in [2.24, 2.45) is 5.92 Å². The highest BCUT2D eigenvalue weighted by molar-refractivity contribution is 5.21. The first-order chi connectivity index (χ1) is 8.15. The van der Waals surface area contributed by atoms with Gasteiger partial charge in [-0.1, -0.05) is 29.8 Å². The molecule has 17 heavy (non-hydrogen) atoms. The van der Waals surface area contributed by atoms with E-state index in [4.69, 9.17) is 0 Å². The van der Waals surface area contributed by atoms with Crippen LogP contribution < -0.4 is 5.32 Å². The van der Waals surface area contributed by atoms with E-state index < -0.39 is 0 Å². The smallest absolute Gasteiger partial charge is 0.0230 e. The lowest BCUT2D eigenvalue weighted by Gasteiger charge is -2.23. The zero-order valence-corrected chi connectivity index (χ0v) is 11.2. The first kappa shape index (κ1) is 12.6. The number of nitrogens with one attached hydrogen (secondary N) is 1. The van der Waals surface area contributed by atoms with Gasteiger partial charge in [-0.05, 0) is 45.3 Å². The predicted molar refractivity (Wildman–Crippen MR) is 73.1 cm³/mol. The Morgan fingerprint density at radius 1 is 1.29 bits per heavy atom. The highest BCUT2D eigenvalue weighted by Crippen LogP contribution is 2.17. The minimum absolute atomic E-state index is 0.676. The maximum absolute atomic E-state index is 3.52. The monoisotopic (exact) mass is 232 g/mol. The van der Waals surface area contributed by atoms with E-state index in [1.54, 1.807) is 0 Å². The molecule has 2 unspecified atom stereocenters. The van der Waals surface area contributed by atoms with E-state index in [-0.39, 0.29) is 0 Å². The Morgan fingerprint density at radius 2 is 2.00 bits per heavy atom. The second-order valence-corrected chi connectivity index (χ2v) is 5.47. The molecule has 0 aliphatic carbocycles. The number of aryl methyl sites for hydroxylation is 1. The van der Waals surface area contributed by atoms with Crippen LogP contribution >= 0.6 is 0 Å². The third kappa shape index (κ3) is 3.55.